The molecule has 0 spiro atoms. The van der Waals surface area contributed by atoms with E-state index in [4.69, 9.17) is 4.98 Å². The molecule has 1 aromatic rings. The Kier molecular flexibility index (Phi) is 6.62. The third-order valence-corrected chi connectivity index (χ3v) is 4.42. The van der Waals surface area contributed by atoms with Crippen molar-refractivity contribution >= 4 is 11.3 Å². The summed E-state index contributed by atoms with van der Waals surface area (Å²) in [5.41, 5.74) is 1.33. The van der Waals surface area contributed by atoms with Gasteiger partial charge in [-0.1, -0.05) is 34.6 Å². The Bertz CT molecular complexity index is 381. The van der Waals surface area contributed by atoms with Crippen LogP contribution < -0.4 is 5.32 Å². The van der Waals surface area contributed by atoms with Gasteiger partial charge in [0.25, 0.3) is 0 Å². The molecule has 0 aromatic carbocycles. The molecule has 0 radical (unpaired) electrons. The number of likely N-dealkylation sites (N-methyl/N-ethyl adjacent to an activating group) is 1. The zero-order chi connectivity index (χ0) is 15.3. The van der Waals surface area contributed by atoms with Crippen LogP contribution in [0, 0.1) is 5.92 Å². The van der Waals surface area contributed by atoms with Crippen molar-refractivity contribution < 1.29 is 0 Å². The molecule has 0 aliphatic carbocycles. The molecule has 116 valence electrons. The Balaban J connectivity index is 2.56. The molecule has 0 aliphatic heterocycles. The van der Waals surface area contributed by atoms with E-state index >= 15 is 0 Å². The molecular formula is C16H31N3S. The number of hydrogen-bond donors (Lipinski definition) is 1. The smallest absolute Gasteiger partial charge is 0.0982 e. The molecule has 0 aliphatic rings. The Hall–Kier alpha value is -0.450. The molecule has 1 heterocycles. The summed E-state index contributed by atoms with van der Waals surface area (Å²) in [5.74, 6) is 0.716. The molecule has 3 nitrogen and oxygen atoms in total. The number of aromatic nitrogens is 1. The normalized spacial score (nSPS) is 14.2. The Morgan fingerprint density at radius 2 is 1.95 bits per heavy atom. The maximum atomic E-state index is 4.75. The van der Waals surface area contributed by atoms with Crippen LogP contribution in [0.1, 0.15) is 51.7 Å². The lowest BCUT2D eigenvalue weighted by Crippen LogP contribution is -2.38. The van der Waals surface area contributed by atoms with Crippen LogP contribution in [0.2, 0.25) is 0 Å². The van der Waals surface area contributed by atoms with Gasteiger partial charge in [0, 0.05) is 29.9 Å². The van der Waals surface area contributed by atoms with Gasteiger partial charge in [0.15, 0.2) is 0 Å². The van der Waals surface area contributed by atoms with E-state index in [-0.39, 0.29) is 5.41 Å². The van der Waals surface area contributed by atoms with Gasteiger partial charge in [-0.3, -0.25) is 0 Å². The summed E-state index contributed by atoms with van der Waals surface area (Å²) >= 11 is 1.77. The molecule has 1 atom stereocenters. The van der Waals surface area contributed by atoms with Crippen LogP contribution in [0.4, 0.5) is 0 Å². The van der Waals surface area contributed by atoms with Crippen LogP contribution in [0.5, 0.6) is 0 Å². The average molecular weight is 298 g/mol. The molecule has 0 fully saturated rings. The van der Waals surface area contributed by atoms with E-state index in [1.807, 2.05) is 0 Å². The highest BCUT2D eigenvalue weighted by molar-refractivity contribution is 7.09. The second-order valence-electron chi connectivity index (χ2n) is 7.36. The second kappa shape index (κ2) is 7.53. The average Bonchev–Trinajstić information content (AvgIpc) is 2.72. The standard InChI is InChI=1S/C16H31N3S/c1-12(2)8-13(10-19(6)7)17-9-14-11-20-15(18-14)16(3,4)5/h11-13,17H,8-10H2,1-7H3. The van der Waals surface area contributed by atoms with E-state index < -0.39 is 0 Å². The first-order valence-electron chi connectivity index (χ1n) is 7.51. The summed E-state index contributed by atoms with van der Waals surface area (Å²) in [7, 11) is 4.27. The predicted molar refractivity (Wildman–Crippen MR) is 89.5 cm³/mol. The molecule has 0 saturated carbocycles. The SMILES string of the molecule is CC(C)CC(CN(C)C)NCc1csc(C(C)(C)C)n1. The van der Waals surface area contributed by atoms with Gasteiger partial charge >= 0.3 is 0 Å². The van der Waals surface area contributed by atoms with E-state index in [0.29, 0.717) is 12.0 Å². The first kappa shape index (κ1) is 17.6. The van der Waals surface area contributed by atoms with E-state index in [1.54, 1.807) is 11.3 Å². The molecule has 1 rings (SSSR count). The van der Waals surface area contributed by atoms with Crippen molar-refractivity contribution in [1.29, 1.82) is 0 Å². The van der Waals surface area contributed by atoms with Gasteiger partial charge in [-0.2, -0.15) is 0 Å². The van der Waals surface area contributed by atoms with Crippen LogP contribution in [-0.4, -0.2) is 36.6 Å². The van der Waals surface area contributed by atoms with Crippen molar-refractivity contribution in [3.05, 3.63) is 16.1 Å². The Morgan fingerprint density at radius 3 is 2.40 bits per heavy atom. The maximum Gasteiger partial charge on any atom is 0.0982 e. The number of rotatable bonds is 7. The highest BCUT2D eigenvalue weighted by atomic mass is 32.1. The summed E-state index contributed by atoms with van der Waals surface area (Å²) in [6.07, 6.45) is 1.20. The first-order valence-corrected chi connectivity index (χ1v) is 8.39. The van der Waals surface area contributed by atoms with E-state index in [0.717, 1.165) is 13.1 Å². The van der Waals surface area contributed by atoms with Crippen molar-refractivity contribution in [3.63, 3.8) is 0 Å². The van der Waals surface area contributed by atoms with Gasteiger partial charge < -0.3 is 10.2 Å². The summed E-state index contributed by atoms with van der Waals surface area (Å²) in [5, 5.41) is 7.08. The predicted octanol–water partition coefficient (Wildman–Crippen LogP) is 3.51. The fourth-order valence-electron chi connectivity index (χ4n) is 2.21. The lowest BCUT2D eigenvalue weighted by molar-refractivity contribution is 0.304. The van der Waals surface area contributed by atoms with E-state index in [2.05, 4.69) is 64.3 Å². The Morgan fingerprint density at radius 1 is 1.30 bits per heavy atom. The largest absolute Gasteiger partial charge is 0.308 e. The first-order chi connectivity index (χ1) is 9.18. The Labute approximate surface area is 128 Å². The van der Waals surface area contributed by atoms with Crippen molar-refractivity contribution in [1.82, 2.24) is 15.2 Å². The van der Waals surface area contributed by atoms with E-state index in [9.17, 15) is 0 Å². The van der Waals surface area contributed by atoms with Crippen LogP contribution in [0.25, 0.3) is 0 Å². The minimum absolute atomic E-state index is 0.157. The van der Waals surface area contributed by atoms with Crippen molar-refractivity contribution in [3.8, 4) is 0 Å². The second-order valence-corrected chi connectivity index (χ2v) is 8.22. The van der Waals surface area contributed by atoms with Gasteiger partial charge in [0.2, 0.25) is 0 Å². The van der Waals surface area contributed by atoms with Gasteiger partial charge in [-0.25, -0.2) is 4.98 Å². The highest BCUT2D eigenvalue weighted by Gasteiger charge is 2.18. The third kappa shape index (κ3) is 6.33. The van der Waals surface area contributed by atoms with Crippen molar-refractivity contribution in [2.45, 2.75) is 59.0 Å². The van der Waals surface area contributed by atoms with Crippen LogP contribution in [0.3, 0.4) is 0 Å². The van der Waals surface area contributed by atoms with Crippen molar-refractivity contribution in [2.75, 3.05) is 20.6 Å². The highest BCUT2D eigenvalue weighted by Crippen LogP contribution is 2.25. The molecule has 20 heavy (non-hydrogen) atoms. The molecular weight excluding hydrogens is 266 g/mol. The fraction of sp³-hybridized carbons (Fsp3) is 0.812. The van der Waals surface area contributed by atoms with Crippen molar-refractivity contribution in [2.24, 2.45) is 5.92 Å². The van der Waals surface area contributed by atoms with Gasteiger partial charge in [-0.05, 0) is 26.4 Å². The molecule has 1 aromatic heterocycles. The van der Waals surface area contributed by atoms with Crippen LogP contribution in [-0.2, 0) is 12.0 Å². The van der Waals surface area contributed by atoms with Gasteiger partial charge in [-0.15, -0.1) is 11.3 Å². The number of hydrogen-bond acceptors (Lipinski definition) is 4. The van der Waals surface area contributed by atoms with Crippen LogP contribution >= 0.6 is 11.3 Å². The molecule has 1 N–H and O–H groups in total. The maximum absolute atomic E-state index is 4.75. The quantitative estimate of drug-likeness (QED) is 0.835. The van der Waals surface area contributed by atoms with E-state index in [1.165, 1.54) is 17.1 Å². The van der Waals surface area contributed by atoms with Crippen LogP contribution in [0.15, 0.2) is 5.38 Å². The number of nitrogens with zero attached hydrogens (tertiary/aromatic N) is 2. The molecule has 0 bridgehead atoms. The summed E-state index contributed by atoms with van der Waals surface area (Å²) in [4.78, 5) is 7.01. The summed E-state index contributed by atoms with van der Waals surface area (Å²) < 4.78 is 0. The number of thiazole rings is 1. The lowest BCUT2D eigenvalue weighted by atomic mass is 9.98. The van der Waals surface area contributed by atoms with Gasteiger partial charge in [0.05, 0.1) is 10.7 Å². The topological polar surface area (TPSA) is 28.2 Å². The third-order valence-electron chi connectivity index (χ3n) is 3.11. The molecule has 4 heteroatoms. The fourth-order valence-corrected chi connectivity index (χ4v) is 3.12. The molecule has 0 saturated heterocycles. The zero-order valence-corrected chi connectivity index (χ0v) is 15.0. The molecule has 1 unspecified atom stereocenters. The summed E-state index contributed by atoms with van der Waals surface area (Å²) in [6, 6.07) is 0.532. The minimum atomic E-state index is 0.157. The number of nitrogens with one attached hydrogen (secondary N) is 1. The van der Waals surface area contributed by atoms with Gasteiger partial charge in [0.1, 0.15) is 0 Å². The minimum Gasteiger partial charge on any atom is -0.308 e. The lowest BCUT2D eigenvalue weighted by Gasteiger charge is -2.23. The molecule has 0 amide bonds. The monoisotopic (exact) mass is 297 g/mol. The summed E-state index contributed by atoms with van der Waals surface area (Å²) in [6.45, 7) is 13.2. The zero-order valence-electron chi connectivity index (χ0n) is 14.2.